The van der Waals surface area contributed by atoms with E-state index in [9.17, 15) is 18.0 Å². The Kier molecular flexibility index (Phi) is 4.03. The van der Waals surface area contributed by atoms with Crippen molar-refractivity contribution in [3.8, 4) is 0 Å². The Morgan fingerprint density at radius 2 is 1.83 bits per heavy atom. The number of nitrogens with one attached hydrogen (secondary N) is 1. The molecule has 0 bridgehead atoms. The second-order valence-corrected chi connectivity index (χ2v) is 4.96. The molecule has 0 radical (unpaired) electrons. The SMILES string of the molecule is O=C(O)c1cccc2c(NCc3cc(F)c(F)c(F)c3)ncnc12. The molecular formula is C16H10F3N3O2. The van der Waals surface area contributed by atoms with Gasteiger partial charge in [-0.05, 0) is 29.8 Å². The average molecular weight is 333 g/mol. The number of hydrogen-bond acceptors (Lipinski definition) is 4. The number of aromatic nitrogens is 2. The second kappa shape index (κ2) is 6.15. The average Bonchev–Trinajstić information content (AvgIpc) is 2.56. The van der Waals surface area contributed by atoms with Gasteiger partial charge in [0, 0.05) is 11.9 Å². The largest absolute Gasteiger partial charge is 0.478 e. The van der Waals surface area contributed by atoms with Crippen molar-refractivity contribution in [2.24, 2.45) is 0 Å². The third kappa shape index (κ3) is 2.85. The molecule has 0 fully saturated rings. The number of anilines is 1. The number of hydrogen-bond donors (Lipinski definition) is 2. The Bertz CT molecular complexity index is 924. The molecule has 122 valence electrons. The van der Waals surface area contributed by atoms with Crippen LogP contribution in [0.1, 0.15) is 15.9 Å². The number of halogens is 3. The predicted octanol–water partition coefficient (Wildman–Crippen LogP) is 3.36. The molecular weight excluding hydrogens is 323 g/mol. The Balaban J connectivity index is 1.94. The first-order valence-electron chi connectivity index (χ1n) is 6.81. The van der Waals surface area contributed by atoms with Crippen LogP contribution < -0.4 is 5.32 Å². The molecule has 2 N–H and O–H groups in total. The topological polar surface area (TPSA) is 75.1 Å². The molecule has 24 heavy (non-hydrogen) atoms. The summed E-state index contributed by atoms with van der Waals surface area (Å²) < 4.78 is 39.4. The summed E-state index contributed by atoms with van der Waals surface area (Å²) in [5.74, 6) is -4.93. The van der Waals surface area contributed by atoms with Gasteiger partial charge in [-0.1, -0.05) is 6.07 Å². The summed E-state index contributed by atoms with van der Waals surface area (Å²) in [5.41, 5.74) is 0.420. The third-order valence-electron chi connectivity index (χ3n) is 3.40. The van der Waals surface area contributed by atoms with Gasteiger partial charge in [-0.2, -0.15) is 0 Å². The van der Waals surface area contributed by atoms with Gasteiger partial charge in [-0.15, -0.1) is 0 Å². The highest BCUT2D eigenvalue weighted by Crippen LogP contribution is 2.23. The molecule has 8 heteroatoms. The Hall–Kier alpha value is -3.16. The normalized spacial score (nSPS) is 10.8. The number of carboxylic acids is 1. The maximum absolute atomic E-state index is 13.2. The van der Waals surface area contributed by atoms with Crippen molar-refractivity contribution in [2.75, 3.05) is 5.32 Å². The van der Waals surface area contributed by atoms with E-state index in [0.717, 1.165) is 12.1 Å². The maximum Gasteiger partial charge on any atom is 0.337 e. The lowest BCUT2D eigenvalue weighted by Gasteiger charge is -2.10. The van der Waals surface area contributed by atoms with E-state index in [2.05, 4.69) is 15.3 Å². The number of fused-ring (bicyclic) bond motifs is 1. The van der Waals surface area contributed by atoms with Crippen molar-refractivity contribution in [2.45, 2.75) is 6.54 Å². The summed E-state index contributed by atoms with van der Waals surface area (Å²) in [4.78, 5) is 19.2. The summed E-state index contributed by atoms with van der Waals surface area (Å²) in [6.45, 7) is -0.0302. The van der Waals surface area contributed by atoms with Gasteiger partial charge in [0.1, 0.15) is 12.1 Å². The van der Waals surface area contributed by atoms with Crippen molar-refractivity contribution < 1.29 is 23.1 Å². The van der Waals surface area contributed by atoms with E-state index in [0.29, 0.717) is 11.2 Å². The van der Waals surface area contributed by atoms with Crippen molar-refractivity contribution in [1.82, 2.24) is 9.97 Å². The monoisotopic (exact) mass is 333 g/mol. The van der Waals surface area contributed by atoms with E-state index in [1.54, 1.807) is 6.07 Å². The van der Waals surface area contributed by atoms with Gasteiger partial charge in [0.15, 0.2) is 17.5 Å². The number of benzene rings is 2. The molecule has 0 spiro atoms. The van der Waals surface area contributed by atoms with E-state index in [-0.39, 0.29) is 23.2 Å². The van der Waals surface area contributed by atoms with Crippen molar-refractivity contribution in [1.29, 1.82) is 0 Å². The molecule has 0 saturated heterocycles. The van der Waals surface area contributed by atoms with Crippen LogP contribution in [0.15, 0.2) is 36.7 Å². The number of aromatic carboxylic acids is 1. The highest BCUT2D eigenvalue weighted by atomic mass is 19.2. The lowest BCUT2D eigenvalue weighted by molar-refractivity contribution is 0.0699. The van der Waals surface area contributed by atoms with Crippen molar-refractivity contribution in [3.05, 3.63) is 65.2 Å². The minimum absolute atomic E-state index is 0.0109. The van der Waals surface area contributed by atoms with Crippen LogP contribution in [0, 0.1) is 17.5 Å². The van der Waals surface area contributed by atoms with Gasteiger partial charge < -0.3 is 10.4 Å². The fraction of sp³-hybridized carbons (Fsp3) is 0.0625. The molecule has 0 unspecified atom stereocenters. The third-order valence-corrected chi connectivity index (χ3v) is 3.40. The standard InChI is InChI=1S/C16H10F3N3O2/c17-11-4-8(5-12(18)13(11)19)6-20-15-9-2-1-3-10(16(23)24)14(9)21-7-22-15/h1-5,7H,6H2,(H,23,24)(H,20,21,22). The van der Waals surface area contributed by atoms with Gasteiger partial charge in [0.25, 0.3) is 0 Å². The lowest BCUT2D eigenvalue weighted by Crippen LogP contribution is -2.06. The number of carboxylic acid groups (broad SMARTS) is 1. The summed E-state index contributed by atoms with van der Waals surface area (Å²) in [6, 6.07) is 6.31. The van der Waals surface area contributed by atoms with Crippen LogP contribution in [0.4, 0.5) is 19.0 Å². The van der Waals surface area contributed by atoms with E-state index in [1.165, 1.54) is 18.5 Å². The van der Waals surface area contributed by atoms with Crippen LogP contribution in [-0.4, -0.2) is 21.0 Å². The Morgan fingerprint density at radius 3 is 2.50 bits per heavy atom. The first-order chi connectivity index (χ1) is 11.5. The second-order valence-electron chi connectivity index (χ2n) is 4.96. The zero-order valence-electron chi connectivity index (χ0n) is 12.1. The Labute approximate surface area is 133 Å². The molecule has 1 aromatic heterocycles. The number of rotatable bonds is 4. The summed E-state index contributed by atoms with van der Waals surface area (Å²) in [7, 11) is 0. The zero-order chi connectivity index (χ0) is 17.3. The smallest absolute Gasteiger partial charge is 0.337 e. The molecule has 5 nitrogen and oxygen atoms in total. The first kappa shape index (κ1) is 15.7. The number of para-hydroxylation sites is 1. The highest BCUT2D eigenvalue weighted by Gasteiger charge is 2.13. The van der Waals surface area contributed by atoms with Crippen LogP contribution in [0.2, 0.25) is 0 Å². The predicted molar refractivity (Wildman–Crippen MR) is 80.1 cm³/mol. The molecule has 0 aliphatic rings. The summed E-state index contributed by atoms with van der Waals surface area (Å²) >= 11 is 0. The van der Waals surface area contributed by atoms with E-state index in [1.807, 2.05) is 0 Å². The van der Waals surface area contributed by atoms with E-state index in [4.69, 9.17) is 5.11 Å². The van der Waals surface area contributed by atoms with Gasteiger partial charge in [0.2, 0.25) is 0 Å². The molecule has 3 aromatic rings. The zero-order valence-corrected chi connectivity index (χ0v) is 12.1. The van der Waals surface area contributed by atoms with Crippen molar-refractivity contribution >= 4 is 22.7 Å². The van der Waals surface area contributed by atoms with Gasteiger partial charge in [-0.25, -0.2) is 27.9 Å². The lowest BCUT2D eigenvalue weighted by atomic mass is 10.1. The van der Waals surface area contributed by atoms with E-state index >= 15 is 0 Å². The summed E-state index contributed by atoms with van der Waals surface area (Å²) in [6.07, 6.45) is 1.18. The van der Waals surface area contributed by atoms with Crippen LogP contribution in [0.25, 0.3) is 10.9 Å². The van der Waals surface area contributed by atoms with Gasteiger partial charge in [0.05, 0.1) is 11.1 Å². The molecule has 0 atom stereocenters. The first-order valence-corrected chi connectivity index (χ1v) is 6.81. The highest BCUT2D eigenvalue weighted by molar-refractivity contribution is 6.04. The minimum Gasteiger partial charge on any atom is -0.478 e. The molecule has 0 saturated carbocycles. The van der Waals surface area contributed by atoms with Crippen LogP contribution in [0.3, 0.4) is 0 Å². The molecule has 3 rings (SSSR count). The quantitative estimate of drug-likeness (QED) is 0.716. The van der Waals surface area contributed by atoms with Crippen LogP contribution >= 0.6 is 0 Å². The fourth-order valence-corrected chi connectivity index (χ4v) is 2.30. The molecule has 0 aliphatic heterocycles. The Morgan fingerprint density at radius 1 is 1.12 bits per heavy atom. The minimum atomic E-state index is -1.53. The van der Waals surface area contributed by atoms with Gasteiger partial charge in [-0.3, -0.25) is 0 Å². The molecule has 1 heterocycles. The summed E-state index contributed by atoms with van der Waals surface area (Å²) in [5, 5.41) is 12.5. The molecule has 0 aliphatic carbocycles. The molecule has 0 amide bonds. The van der Waals surface area contributed by atoms with Gasteiger partial charge >= 0.3 is 5.97 Å². The maximum atomic E-state index is 13.2. The fourth-order valence-electron chi connectivity index (χ4n) is 2.30. The molecule has 2 aromatic carbocycles. The van der Waals surface area contributed by atoms with E-state index < -0.39 is 23.4 Å². The number of nitrogens with zero attached hydrogens (tertiary/aromatic N) is 2. The number of carbonyl (C=O) groups is 1. The van der Waals surface area contributed by atoms with Crippen LogP contribution in [0.5, 0.6) is 0 Å². The van der Waals surface area contributed by atoms with Crippen LogP contribution in [-0.2, 0) is 6.54 Å². The van der Waals surface area contributed by atoms with Crippen molar-refractivity contribution in [3.63, 3.8) is 0 Å².